The molecule has 0 aromatic rings. The number of ether oxygens (including phenoxy) is 1. The van der Waals surface area contributed by atoms with E-state index >= 15 is 0 Å². The molecule has 1 aliphatic rings. The van der Waals surface area contributed by atoms with Crippen molar-refractivity contribution in [3.8, 4) is 0 Å². The highest BCUT2D eigenvalue weighted by Gasteiger charge is 2.19. The molecule has 0 aromatic carbocycles. The number of morpholine rings is 1. The van der Waals surface area contributed by atoms with Crippen LogP contribution in [0.3, 0.4) is 0 Å². The molecule has 0 spiro atoms. The molecule has 1 atom stereocenters. The van der Waals surface area contributed by atoms with Gasteiger partial charge in [0.1, 0.15) is 5.92 Å². The van der Waals surface area contributed by atoms with Crippen LogP contribution in [0.5, 0.6) is 0 Å². The van der Waals surface area contributed by atoms with Crippen molar-refractivity contribution in [1.29, 1.82) is 0 Å². The summed E-state index contributed by atoms with van der Waals surface area (Å²) in [6.45, 7) is 6.21. The van der Waals surface area contributed by atoms with E-state index in [1.54, 1.807) is 0 Å². The number of carbonyl (C=O) groups excluding carboxylic acids is 1. The molecule has 98 valence electrons. The minimum Gasteiger partial charge on any atom is -0.481 e. The Kier molecular flexibility index (Phi) is 5.93. The molecule has 1 rings (SSSR count). The molecule has 6 nitrogen and oxygen atoms in total. The number of rotatable bonds is 6. The SMILES string of the molecule is CC(C(=O)O)C(=O)NCCCN1CCOCC1. The summed E-state index contributed by atoms with van der Waals surface area (Å²) in [5.74, 6) is -2.48. The predicted octanol–water partition coefficient (Wildman–Crippen LogP) is -0.454. The van der Waals surface area contributed by atoms with Crippen LogP contribution in [0.4, 0.5) is 0 Å². The molecular weight excluding hydrogens is 224 g/mol. The molecule has 1 aliphatic heterocycles. The molecule has 0 aromatic heterocycles. The third-order valence-corrected chi connectivity index (χ3v) is 2.82. The maximum absolute atomic E-state index is 11.3. The standard InChI is InChI=1S/C11H20N2O4/c1-9(11(15)16)10(14)12-3-2-4-13-5-7-17-8-6-13/h9H,2-8H2,1H3,(H,12,14)(H,15,16). The number of aliphatic carboxylic acids is 1. The minimum atomic E-state index is -1.09. The lowest BCUT2D eigenvalue weighted by Gasteiger charge is -2.26. The number of hydrogen-bond acceptors (Lipinski definition) is 4. The Balaban J connectivity index is 2.07. The minimum absolute atomic E-state index is 0.417. The van der Waals surface area contributed by atoms with E-state index in [4.69, 9.17) is 9.84 Å². The molecule has 17 heavy (non-hydrogen) atoms. The van der Waals surface area contributed by atoms with Crippen molar-refractivity contribution in [2.24, 2.45) is 5.92 Å². The van der Waals surface area contributed by atoms with Gasteiger partial charge in [0.15, 0.2) is 0 Å². The second-order valence-corrected chi connectivity index (χ2v) is 4.16. The third kappa shape index (κ3) is 5.14. The van der Waals surface area contributed by atoms with Crippen molar-refractivity contribution in [2.45, 2.75) is 13.3 Å². The largest absolute Gasteiger partial charge is 0.481 e. The van der Waals surface area contributed by atoms with Crippen LogP contribution in [0.2, 0.25) is 0 Å². The second-order valence-electron chi connectivity index (χ2n) is 4.16. The van der Waals surface area contributed by atoms with Crippen molar-refractivity contribution in [2.75, 3.05) is 39.4 Å². The first-order chi connectivity index (χ1) is 8.11. The van der Waals surface area contributed by atoms with Crippen LogP contribution in [0.25, 0.3) is 0 Å². The van der Waals surface area contributed by atoms with Gasteiger partial charge in [-0.1, -0.05) is 0 Å². The Morgan fingerprint density at radius 3 is 2.65 bits per heavy atom. The summed E-state index contributed by atoms with van der Waals surface area (Å²) < 4.78 is 5.23. The first-order valence-corrected chi connectivity index (χ1v) is 5.92. The summed E-state index contributed by atoms with van der Waals surface area (Å²) in [6.07, 6.45) is 0.831. The van der Waals surface area contributed by atoms with E-state index < -0.39 is 17.8 Å². The Morgan fingerprint density at radius 2 is 2.06 bits per heavy atom. The average molecular weight is 244 g/mol. The number of amides is 1. The first-order valence-electron chi connectivity index (χ1n) is 5.92. The molecule has 1 heterocycles. The Hall–Kier alpha value is -1.14. The highest BCUT2D eigenvalue weighted by Crippen LogP contribution is 1.98. The van der Waals surface area contributed by atoms with Gasteiger partial charge >= 0.3 is 5.97 Å². The summed E-state index contributed by atoms with van der Waals surface area (Å²) in [7, 11) is 0. The normalized spacial score (nSPS) is 18.6. The molecule has 1 unspecified atom stereocenters. The number of carbonyl (C=O) groups is 2. The predicted molar refractivity (Wildman–Crippen MR) is 61.7 cm³/mol. The van der Waals surface area contributed by atoms with Gasteiger partial charge in [-0.05, 0) is 19.9 Å². The highest BCUT2D eigenvalue weighted by molar-refractivity contribution is 5.96. The van der Waals surface area contributed by atoms with Gasteiger partial charge in [-0.3, -0.25) is 14.5 Å². The number of hydrogen-bond donors (Lipinski definition) is 2. The Labute approximate surface area is 101 Å². The van der Waals surface area contributed by atoms with Crippen molar-refractivity contribution in [3.63, 3.8) is 0 Å². The molecule has 1 fully saturated rings. The Bertz CT molecular complexity index is 264. The zero-order chi connectivity index (χ0) is 12.7. The summed E-state index contributed by atoms with van der Waals surface area (Å²) in [5, 5.41) is 11.3. The number of nitrogens with one attached hydrogen (secondary N) is 1. The van der Waals surface area contributed by atoms with Crippen LogP contribution in [-0.2, 0) is 14.3 Å². The number of carboxylic acids is 1. The van der Waals surface area contributed by atoms with Crippen LogP contribution in [0.15, 0.2) is 0 Å². The maximum Gasteiger partial charge on any atom is 0.315 e. The third-order valence-electron chi connectivity index (χ3n) is 2.82. The van der Waals surface area contributed by atoms with Gasteiger partial charge in [-0.15, -0.1) is 0 Å². The fraction of sp³-hybridized carbons (Fsp3) is 0.818. The molecule has 0 saturated carbocycles. The molecule has 0 aliphatic carbocycles. The molecule has 2 N–H and O–H groups in total. The summed E-state index contributed by atoms with van der Waals surface area (Å²) in [4.78, 5) is 24.1. The lowest BCUT2D eigenvalue weighted by molar-refractivity contribution is -0.146. The number of nitrogens with zero attached hydrogens (tertiary/aromatic N) is 1. The van der Waals surface area contributed by atoms with Gasteiger partial charge in [0, 0.05) is 19.6 Å². The van der Waals surface area contributed by atoms with Gasteiger partial charge in [-0.25, -0.2) is 0 Å². The number of carboxylic acid groups (broad SMARTS) is 1. The van der Waals surface area contributed by atoms with E-state index in [2.05, 4.69) is 10.2 Å². The average Bonchev–Trinajstić information content (AvgIpc) is 2.34. The Morgan fingerprint density at radius 1 is 1.41 bits per heavy atom. The zero-order valence-electron chi connectivity index (χ0n) is 10.1. The van der Waals surface area contributed by atoms with Crippen LogP contribution < -0.4 is 5.32 Å². The quantitative estimate of drug-likeness (QED) is 0.488. The molecule has 0 bridgehead atoms. The second kappa shape index (κ2) is 7.24. The van der Waals surface area contributed by atoms with Gasteiger partial charge < -0.3 is 15.2 Å². The monoisotopic (exact) mass is 244 g/mol. The van der Waals surface area contributed by atoms with E-state index in [-0.39, 0.29) is 0 Å². The van der Waals surface area contributed by atoms with Crippen molar-refractivity contribution < 1.29 is 19.4 Å². The molecule has 1 saturated heterocycles. The van der Waals surface area contributed by atoms with Crippen molar-refractivity contribution >= 4 is 11.9 Å². The maximum atomic E-state index is 11.3. The molecule has 6 heteroatoms. The topological polar surface area (TPSA) is 78.9 Å². The summed E-state index contributed by atoms with van der Waals surface area (Å²) in [6, 6.07) is 0. The van der Waals surface area contributed by atoms with Gasteiger partial charge in [0.2, 0.25) is 5.91 Å². The van der Waals surface area contributed by atoms with Gasteiger partial charge in [-0.2, -0.15) is 0 Å². The van der Waals surface area contributed by atoms with Crippen LogP contribution in [0.1, 0.15) is 13.3 Å². The fourth-order valence-electron chi connectivity index (χ4n) is 1.60. The van der Waals surface area contributed by atoms with Crippen LogP contribution in [0, 0.1) is 5.92 Å². The van der Waals surface area contributed by atoms with Gasteiger partial charge in [0.25, 0.3) is 0 Å². The smallest absolute Gasteiger partial charge is 0.315 e. The molecule has 1 amide bonds. The summed E-state index contributed by atoms with van der Waals surface area (Å²) in [5.41, 5.74) is 0. The van der Waals surface area contributed by atoms with Gasteiger partial charge in [0.05, 0.1) is 13.2 Å². The van der Waals surface area contributed by atoms with E-state index in [0.29, 0.717) is 6.54 Å². The lowest BCUT2D eigenvalue weighted by Crippen LogP contribution is -2.39. The van der Waals surface area contributed by atoms with E-state index in [0.717, 1.165) is 39.3 Å². The highest BCUT2D eigenvalue weighted by atomic mass is 16.5. The van der Waals surface area contributed by atoms with E-state index in [1.165, 1.54) is 6.92 Å². The van der Waals surface area contributed by atoms with Crippen LogP contribution in [-0.4, -0.2) is 61.3 Å². The van der Waals surface area contributed by atoms with Crippen molar-refractivity contribution in [3.05, 3.63) is 0 Å². The first kappa shape index (κ1) is 13.9. The molecule has 0 radical (unpaired) electrons. The van der Waals surface area contributed by atoms with E-state index in [1.807, 2.05) is 0 Å². The van der Waals surface area contributed by atoms with Crippen molar-refractivity contribution in [1.82, 2.24) is 10.2 Å². The zero-order valence-corrected chi connectivity index (χ0v) is 10.1. The molecular formula is C11H20N2O4. The summed E-state index contributed by atoms with van der Waals surface area (Å²) >= 11 is 0. The van der Waals surface area contributed by atoms with Crippen LogP contribution >= 0.6 is 0 Å². The fourth-order valence-corrected chi connectivity index (χ4v) is 1.60. The van der Waals surface area contributed by atoms with E-state index in [9.17, 15) is 9.59 Å². The lowest BCUT2D eigenvalue weighted by atomic mass is 10.2.